The summed E-state index contributed by atoms with van der Waals surface area (Å²) < 4.78 is 0. The molecule has 0 saturated heterocycles. The van der Waals surface area contributed by atoms with E-state index >= 15 is 0 Å². The average molecular weight is 232 g/mol. The van der Waals surface area contributed by atoms with Crippen LogP contribution in [0.5, 0.6) is 0 Å². The van der Waals surface area contributed by atoms with Crippen LogP contribution < -0.4 is 0 Å². The molecule has 1 aliphatic rings. The summed E-state index contributed by atoms with van der Waals surface area (Å²) in [5, 5.41) is 0. The fourth-order valence-electron chi connectivity index (χ4n) is 2.41. The second-order valence-electron chi connectivity index (χ2n) is 5.18. The molecule has 0 amide bonds. The molecule has 18 heavy (non-hydrogen) atoms. The highest BCUT2D eigenvalue weighted by Crippen LogP contribution is 2.53. The monoisotopic (exact) mass is 232 g/mol. The molecule has 0 nitrogen and oxygen atoms in total. The van der Waals surface area contributed by atoms with Gasteiger partial charge in [-0.1, -0.05) is 67.3 Å². The molecule has 0 radical (unpaired) electrons. The van der Waals surface area contributed by atoms with Gasteiger partial charge in [0.25, 0.3) is 0 Å². The van der Waals surface area contributed by atoms with Crippen molar-refractivity contribution in [3.8, 4) is 11.8 Å². The van der Waals surface area contributed by atoms with Crippen LogP contribution in [0.2, 0.25) is 0 Å². The molecule has 0 heteroatoms. The minimum atomic E-state index is 0.267. The molecule has 0 spiro atoms. The van der Waals surface area contributed by atoms with Crippen molar-refractivity contribution in [2.45, 2.75) is 18.8 Å². The fourth-order valence-corrected chi connectivity index (χ4v) is 2.41. The lowest BCUT2D eigenvalue weighted by molar-refractivity contribution is 0.746. The van der Waals surface area contributed by atoms with Crippen molar-refractivity contribution in [1.82, 2.24) is 0 Å². The van der Waals surface area contributed by atoms with E-state index in [0.29, 0.717) is 5.92 Å². The van der Waals surface area contributed by atoms with Crippen molar-refractivity contribution < 1.29 is 0 Å². The van der Waals surface area contributed by atoms with Gasteiger partial charge in [0.15, 0.2) is 0 Å². The van der Waals surface area contributed by atoms with Crippen molar-refractivity contribution in [2.75, 3.05) is 0 Å². The van der Waals surface area contributed by atoms with Gasteiger partial charge in [0, 0.05) is 16.9 Å². The van der Waals surface area contributed by atoms with E-state index in [1.165, 1.54) is 12.0 Å². The minimum Gasteiger partial charge on any atom is -0.0935 e. The molecule has 0 unspecified atom stereocenters. The first-order chi connectivity index (χ1) is 8.79. The van der Waals surface area contributed by atoms with Crippen LogP contribution >= 0.6 is 0 Å². The van der Waals surface area contributed by atoms with Crippen LogP contribution in [0.25, 0.3) is 0 Å². The van der Waals surface area contributed by atoms with Gasteiger partial charge in [0.05, 0.1) is 0 Å². The van der Waals surface area contributed by atoms with Gasteiger partial charge in [0.1, 0.15) is 0 Å². The molecule has 2 aromatic carbocycles. The van der Waals surface area contributed by atoms with Gasteiger partial charge in [-0.2, -0.15) is 0 Å². The molecule has 1 saturated carbocycles. The minimum absolute atomic E-state index is 0.267. The number of benzene rings is 2. The van der Waals surface area contributed by atoms with E-state index in [1.54, 1.807) is 0 Å². The van der Waals surface area contributed by atoms with Gasteiger partial charge in [-0.05, 0) is 24.1 Å². The maximum atomic E-state index is 3.41. The van der Waals surface area contributed by atoms with Crippen LogP contribution in [0.3, 0.4) is 0 Å². The Hall–Kier alpha value is -2.00. The van der Waals surface area contributed by atoms with Gasteiger partial charge in [-0.15, -0.1) is 0 Å². The third kappa shape index (κ3) is 2.05. The Balaban J connectivity index is 1.77. The molecule has 1 fully saturated rings. The van der Waals surface area contributed by atoms with Crippen LogP contribution in [-0.4, -0.2) is 0 Å². The first-order valence-electron chi connectivity index (χ1n) is 6.41. The summed E-state index contributed by atoms with van der Waals surface area (Å²) in [7, 11) is 0. The molecule has 2 atom stereocenters. The first kappa shape index (κ1) is 11.1. The van der Waals surface area contributed by atoms with Crippen molar-refractivity contribution in [3.05, 3.63) is 71.8 Å². The first-order valence-corrected chi connectivity index (χ1v) is 6.41. The van der Waals surface area contributed by atoms with Crippen LogP contribution in [0.4, 0.5) is 0 Å². The topological polar surface area (TPSA) is 0 Å². The van der Waals surface area contributed by atoms with Crippen molar-refractivity contribution in [1.29, 1.82) is 0 Å². The molecule has 2 aromatic rings. The van der Waals surface area contributed by atoms with E-state index in [-0.39, 0.29) is 5.41 Å². The highest BCUT2D eigenvalue weighted by Gasteiger charge is 2.50. The van der Waals surface area contributed by atoms with Crippen LogP contribution in [0.15, 0.2) is 60.7 Å². The van der Waals surface area contributed by atoms with E-state index in [2.05, 4.69) is 61.2 Å². The van der Waals surface area contributed by atoms with Crippen molar-refractivity contribution in [2.24, 2.45) is 5.92 Å². The van der Waals surface area contributed by atoms with E-state index in [1.807, 2.05) is 18.2 Å². The summed E-state index contributed by atoms with van der Waals surface area (Å²) in [6.07, 6.45) is 1.18. The van der Waals surface area contributed by atoms with E-state index in [4.69, 9.17) is 0 Å². The zero-order chi connectivity index (χ0) is 12.4. The summed E-state index contributed by atoms with van der Waals surface area (Å²) in [6.45, 7) is 2.31. The predicted molar refractivity (Wildman–Crippen MR) is 75.2 cm³/mol. The van der Waals surface area contributed by atoms with Crippen LogP contribution in [0.1, 0.15) is 24.5 Å². The van der Waals surface area contributed by atoms with Gasteiger partial charge in [0.2, 0.25) is 0 Å². The Morgan fingerprint density at radius 2 is 1.56 bits per heavy atom. The van der Waals surface area contributed by atoms with E-state index < -0.39 is 0 Å². The van der Waals surface area contributed by atoms with Crippen LogP contribution in [-0.2, 0) is 5.41 Å². The summed E-state index contributed by atoms with van der Waals surface area (Å²) in [6, 6.07) is 20.9. The number of hydrogen-bond donors (Lipinski definition) is 0. The summed E-state index contributed by atoms with van der Waals surface area (Å²) in [5.41, 5.74) is 2.79. The molecule has 0 heterocycles. The highest BCUT2D eigenvalue weighted by molar-refractivity contribution is 5.41. The Morgan fingerprint density at radius 3 is 2.22 bits per heavy atom. The van der Waals surface area contributed by atoms with Crippen LogP contribution in [0, 0.1) is 17.8 Å². The molecular formula is C18H16. The Kier molecular flexibility index (Phi) is 2.68. The van der Waals surface area contributed by atoms with Gasteiger partial charge >= 0.3 is 0 Å². The van der Waals surface area contributed by atoms with E-state index in [0.717, 1.165) is 5.56 Å². The summed E-state index contributed by atoms with van der Waals surface area (Å²) >= 11 is 0. The maximum Gasteiger partial charge on any atom is 0.0310 e. The van der Waals surface area contributed by atoms with Gasteiger partial charge in [-0.3, -0.25) is 0 Å². The highest BCUT2D eigenvalue weighted by atomic mass is 14.5. The lowest BCUT2D eigenvalue weighted by Gasteiger charge is -2.08. The Bertz CT molecular complexity index is 586. The smallest absolute Gasteiger partial charge is 0.0310 e. The predicted octanol–water partition coefficient (Wildman–Crippen LogP) is 4.02. The molecule has 0 bridgehead atoms. The maximum absolute atomic E-state index is 3.41. The number of rotatable bonds is 1. The summed E-state index contributed by atoms with van der Waals surface area (Å²) in [5.74, 6) is 7.19. The standard InChI is InChI=1S/C18H16/c1-18(16-10-6-3-7-11-16)14-17(18)13-12-15-8-4-2-5-9-15/h2-11,17H,14H2,1H3/t17-,18+/m1/s1. The largest absolute Gasteiger partial charge is 0.0935 e. The molecule has 3 rings (SSSR count). The van der Waals surface area contributed by atoms with Crippen molar-refractivity contribution in [3.63, 3.8) is 0 Å². The molecule has 0 aliphatic heterocycles. The van der Waals surface area contributed by atoms with Gasteiger partial charge in [-0.25, -0.2) is 0 Å². The third-order valence-electron chi connectivity index (χ3n) is 3.83. The Labute approximate surface area is 109 Å². The quantitative estimate of drug-likeness (QED) is 0.651. The zero-order valence-corrected chi connectivity index (χ0v) is 10.6. The van der Waals surface area contributed by atoms with E-state index in [9.17, 15) is 0 Å². The molecule has 1 aliphatic carbocycles. The normalized spacial score (nSPS) is 25.1. The molecule has 0 aromatic heterocycles. The number of hydrogen-bond acceptors (Lipinski definition) is 0. The molecular weight excluding hydrogens is 216 g/mol. The average Bonchev–Trinajstić information content (AvgIpc) is 3.11. The second-order valence-corrected chi connectivity index (χ2v) is 5.18. The van der Waals surface area contributed by atoms with Crippen molar-refractivity contribution >= 4 is 0 Å². The Morgan fingerprint density at radius 1 is 0.944 bits per heavy atom. The molecule has 88 valence electrons. The SMILES string of the molecule is C[C@@]1(c2ccccc2)C[C@H]1C#Cc1ccccc1. The molecule has 0 N–H and O–H groups in total. The van der Waals surface area contributed by atoms with Gasteiger partial charge < -0.3 is 0 Å². The zero-order valence-electron chi connectivity index (χ0n) is 10.6. The lowest BCUT2D eigenvalue weighted by atomic mass is 9.96. The summed E-state index contributed by atoms with van der Waals surface area (Å²) in [4.78, 5) is 0. The third-order valence-corrected chi connectivity index (χ3v) is 3.83. The second kappa shape index (κ2) is 4.35. The fraction of sp³-hybridized carbons (Fsp3) is 0.222. The lowest BCUT2D eigenvalue weighted by Crippen LogP contribution is -2.02.